The van der Waals surface area contributed by atoms with Gasteiger partial charge in [0, 0.05) is 28.7 Å². The van der Waals surface area contributed by atoms with Crippen LogP contribution in [0.25, 0.3) is 0 Å². The molecule has 25 heavy (non-hydrogen) atoms. The van der Waals surface area contributed by atoms with Crippen molar-refractivity contribution >= 4 is 70.6 Å². The summed E-state index contributed by atoms with van der Waals surface area (Å²) in [6, 6.07) is 10.6. The Hall–Kier alpha value is -1.000. The van der Waals surface area contributed by atoms with Crippen LogP contribution in [0.2, 0.25) is 0 Å². The Morgan fingerprint density at radius 1 is 1.04 bits per heavy atom. The summed E-state index contributed by atoms with van der Waals surface area (Å²) in [6.45, 7) is 1.88. The number of hydrogen-bond donors (Lipinski definition) is 2. The van der Waals surface area contributed by atoms with Crippen LogP contribution in [0.1, 0.15) is 5.56 Å². The van der Waals surface area contributed by atoms with Gasteiger partial charge in [-0.15, -0.1) is 0 Å². The van der Waals surface area contributed by atoms with Crippen molar-refractivity contribution in [1.82, 2.24) is 4.31 Å². The van der Waals surface area contributed by atoms with E-state index < -0.39 is 10.0 Å². The highest BCUT2D eigenvalue weighted by molar-refractivity contribution is 9.11. The maximum absolute atomic E-state index is 12.3. The summed E-state index contributed by atoms with van der Waals surface area (Å²) in [4.78, 5) is 0.207. The molecule has 134 valence electrons. The lowest BCUT2D eigenvalue weighted by atomic mass is 10.2. The van der Waals surface area contributed by atoms with Gasteiger partial charge >= 0.3 is 0 Å². The minimum Gasteiger partial charge on any atom is -0.332 e. The molecule has 0 heterocycles. The zero-order valence-electron chi connectivity index (χ0n) is 13.8. The predicted molar refractivity (Wildman–Crippen MR) is 114 cm³/mol. The van der Waals surface area contributed by atoms with Gasteiger partial charge in [-0.05, 0) is 71.0 Å². The van der Waals surface area contributed by atoms with Crippen LogP contribution in [-0.4, -0.2) is 31.9 Å². The minimum atomic E-state index is -3.51. The molecule has 0 atom stereocenters. The number of benzene rings is 2. The van der Waals surface area contributed by atoms with Gasteiger partial charge in [0.05, 0.1) is 10.6 Å². The monoisotopic (exact) mass is 505 g/mol. The van der Waals surface area contributed by atoms with Crippen LogP contribution in [-0.2, 0) is 10.0 Å². The van der Waals surface area contributed by atoms with E-state index in [4.69, 9.17) is 12.2 Å². The number of halogens is 2. The molecule has 0 spiro atoms. The molecular weight excluding hydrogens is 490 g/mol. The van der Waals surface area contributed by atoms with E-state index in [1.165, 1.54) is 18.4 Å². The Labute approximate surface area is 170 Å². The third-order valence-corrected chi connectivity index (χ3v) is 6.58. The highest BCUT2D eigenvalue weighted by atomic mass is 79.9. The maximum atomic E-state index is 12.3. The fraction of sp³-hybridized carbons (Fsp3) is 0.188. The smallest absolute Gasteiger partial charge is 0.242 e. The van der Waals surface area contributed by atoms with E-state index in [-0.39, 0.29) is 4.90 Å². The second kappa shape index (κ2) is 8.13. The van der Waals surface area contributed by atoms with E-state index in [2.05, 4.69) is 42.5 Å². The molecule has 0 fully saturated rings. The van der Waals surface area contributed by atoms with E-state index in [1.807, 2.05) is 25.1 Å². The van der Waals surface area contributed by atoms with Crippen LogP contribution in [0.15, 0.2) is 50.2 Å². The van der Waals surface area contributed by atoms with Gasteiger partial charge in [-0.25, -0.2) is 12.7 Å². The van der Waals surface area contributed by atoms with E-state index in [0.29, 0.717) is 10.8 Å². The average molecular weight is 507 g/mol. The first kappa shape index (κ1) is 20.3. The molecule has 0 saturated carbocycles. The van der Waals surface area contributed by atoms with Crippen molar-refractivity contribution in [3.8, 4) is 0 Å². The molecule has 0 radical (unpaired) electrons. The van der Waals surface area contributed by atoms with Crippen LogP contribution >= 0.6 is 44.1 Å². The summed E-state index contributed by atoms with van der Waals surface area (Å²) in [7, 11) is -0.506. The van der Waals surface area contributed by atoms with E-state index >= 15 is 0 Å². The van der Waals surface area contributed by atoms with Crippen molar-refractivity contribution in [3.63, 3.8) is 0 Å². The second-order valence-corrected chi connectivity index (χ2v) is 9.80. The van der Waals surface area contributed by atoms with Gasteiger partial charge in [-0.3, -0.25) is 0 Å². The quantitative estimate of drug-likeness (QED) is 0.594. The Morgan fingerprint density at radius 2 is 1.68 bits per heavy atom. The summed E-state index contributed by atoms with van der Waals surface area (Å²) < 4.78 is 27.6. The first-order chi connectivity index (χ1) is 11.6. The molecule has 2 aromatic carbocycles. The lowest BCUT2D eigenvalue weighted by molar-refractivity contribution is 0.521. The van der Waals surface area contributed by atoms with Crippen molar-refractivity contribution < 1.29 is 8.42 Å². The number of nitrogens with one attached hydrogen (secondary N) is 2. The largest absolute Gasteiger partial charge is 0.332 e. The highest BCUT2D eigenvalue weighted by Gasteiger charge is 2.18. The van der Waals surface area contributed by atoms with Crippen LogP contribution in [0, 0.1) is 6.92 Å². The second-order valence-electron chi connectivity index (χ2n) is 5.47. The van der Waals surface area contributed by atoms with E-state index in [0.717, 1.165) is 20.2 Å². The van der Waals surface area contributed by atoms with Gasteiger partial charge in [0.2, 0.25) is 10.0 Å². The molecule has 5 nitrogen and oxygen atoms in total. The van der Waals surface area contributed by atoms with Gasteiger partial charge in [-0.2, -0.15) is 0 Å². The third-order valence-electron chi connectivity index (χ3n) is 3.42. The number of sulfonamides is 1. The van der Waals surface area contributed by atoms with Crippen LogP contribution in [0.3, 0.4) is 0 Å². The third kappa shape index (κ3) is 5.01. The first-order valence-electron chi connectivity index (χ1n) is 7.17. The molecule has 0 bridgehead atoms. The molecule has 0 amide bonds. The SMILES string of the molecule is Cc1ccc(S(=O)(=O)N(C)C)cc1NC(=S)Nc1ccc(Br)cc1Br. The van der Waals surface area contributed by atoms with Gasteiger partial charge < -0.3 is 10.6 Å². The predicted octanol–water partition coefficient (Wildman–Crippen LogP) is 4.58. The number of nitrogens with zero attached hydrogens (tertiary/aromatic N) is 1. The first-order valence-corrected chi connectivity index (χ1v) is 10.6. The molecule has 0 aliphatic carbocycles. The van der Waals surface area contributed by atoms with Crippen molar-refractivity contribution in [2.75, 3.05) is 24.7 Å². The molecular formula is C16H17Br2N3O2S2. The van der Waals surface area contributed by atoms with Gasteiger partial charge in [0.15, 0.2) is 5.11 Å². The topological polar surface area (TPSA) is 61.4 Å². The Kier molecular flexibility index (Phi) is 6.61. The summed E-state index contributed by atoms with van der Waals surface area (Å²) in [5, 5.41) is 6.51. The van der Waals surface area contributed by atoms with Crippen molar-refractivity contribution in [3.05, 3.63) is 50.9 Å². The normalized spacial score (nSPS) is 11.4. The standard InChI is InChI=1S/C16H17Br2N3O2S2/c1-10-4-6-12(25(22,23)21(2)3)9-15(10)20-16(24)19-14-7-5-11(17)8-13(14)18/h4-9H,1-3H3,(H2,19,20,24). The maximum Gasteiger partial charge on any atom is 0.242 e. The highest BCUT2D eigenvalue weighted by Crippen LogP contribution is 2.27. The molecule has 2 rings (SSSR count). The molecule has 0 aromatic heterocycles. The van der Waals surface area contributed by atoms with Gasteiger partial charge in [0.25, 0.3) is 0 Å². The lowest BCUT2D eigenvalue weighted by Gasteiger charge is -2.16. The number of hydrogen-bond acceptors (Lipinski definition) is 3. The van der Waals surface area contributed by atoms with E-state index in [9.17, 15) is 8.42 Å². The zero-order chi connectivity index (χ0) is 18.8. The summed E-state index contributed by atoms with van der Waals surface area (Å²) >= 11 is 12.2. The summed E-state index contributed by atoms with van der Waals surface area (Å²) in [5.41, 5.74) is 2.32. The number of thiocarbonyl (C=S) groups is 1. The Bertz CT molecular complexity index is 916. The summed E-state index contributed by atoms with van der Waals surface area (Å²) in [6.07, 6.45) is 0. The Balaban J connectivity index is 2.23. The molecule has 0 aliphatic rings. The molecule has 2 N–H and O–H groups in total. The fourth-order valence-electron chi connectivity index (χ4n) is 1.97. The molecule has 0 unspecified atom stereocenters. The zero-order valence-corrected chi connectivity index (χ0v) is 18.6. The number of anilines is 2. The molecule has 0 aliphatic heterocycles. The Morgan fingerprint density at radius 3 is 2.28 bits per heavy atom. The molecule has 0 saturated heterocycles. The molecule has 9 heteroatoms. The lowest BCUT2D eigenvalue weighted by Crippen LogP contribution is -2.23. The van der Waals surface area contributed by atoms with Crippen LogP contribution in [0.4, 0.5) is 11.4 Å². The molecule has 2 aromatic rings. The van der Waals surface area contributed by atoms with Gasteiger partial charge in [-0.1, -0.05) is 22.0 Å². The average Bonchev–Trinajstić information content (AvgIpc) is 2.52. The van der Waals surface area contributed by atoms with E-state index in [1.54, 1.807) is 18.2 Å². The van der Waals surface area contributed by atoms with Crippen molar-refractivity contribution in [1.29, 1.82) is 0 Å². The number of rotatable bonds is 4. The number of aryl methyl sites for hydroxylation is 1. The summed E-state index contributed by atoms with van der Waals surface area (Å²) in [5.74, 6) is 0. The fourth-order valence-corrected chi connectivity index (χ4v) is 4.27. The van der Waals surface area contributed by atoms with Crippen molar-refractivity contribution in [2.45, 2.75) is 11.8 Å². The van der Waals surface area contributed by atoms with Gasteiger partial charge in [0.1, 0.15) is 0 Å². The van der Waals surface area contributed by atoms with Crippen LogP contribution < -0.4 is 10.6 Å². The van der Waals surface area contributed by atoms with Crippen molar-refractivity contribution in [2.24, 2.45) is 0 Å². The van der Waals surface area contributed by atoms with Crippen LogP contribution in [0.5, 0.6) is 0 Å². The minimum absolute atomic E-state index is 0.207.